The van der Waals surface area contributed by atoms with Gasteiger partial charge in [0.05, 0.1) is 0 Å². The van der Waals surface area contributed by atoms with E-state index in [9.17, 15) is 0 Å². The second kappa shape index (κ2) is 2.42. The standard InChI is InChI=1S/C10H24S/c1-6-9(2)11(3,4,5)10-7-8-10/h9-11H,6-8H2,1-5H3/t9-/m0/s1. The first-order valence-electron chi connectivity index (χ1n) is 4.87. The highest BCUT2D eigenvalue weighted by atomic mass is 32.3. The van der Waals surface area contributed by atoms with Crippen molar-refractivity contribution in [1.82, 2.24) is 0 Å². The summed E-state index contributed by atoms with van der Waals surface area (Å²) < 4.78 is 0. The summed E-state index contributed by atoms with van der Waals surface area (Å²) in [5, 5.41) is 2.10. The second-order valence-electron chi connectivity index (χ2n) is 5.53. The van der Waals surface area contributed by atoms with Crippen LogP contribution in [0, 0.1) is 0 Å². The minimum Gasteiger partial charge on any atom is -0.285 e. The maximum atomic E-state index is 2.58. The lowest BCUT2D eigenvalue weighted by Gasteiger charge is -2.57. The van der Waals surface area contributed by atoms with Crippen LogP contribution in [-0.2, 0) is 0 Å². The number of hydrogen-bond acceptors (Lipinski definition) is 0. The number of thiol groups is 1. The van der Waals surface area contributed by atoms with Gasteiger partial charge in [-0.1, -0.05) is 13.8 Å². The molecule has 0 unspecified atom stereocenters. The lowest BCUT2D eigenvalue weighted by molar-refractivity contribution is 0.882. The van der Waals surface area contributed by atoms with Crippen LogP contribution in [0.1, 0.15) is 33.1 Å². The van der Waals surface area contributed by atoms with Crippen LogP contribution in [0.2, 0.25) is 0 Å². The third-order valence-corrected chi connectivity index (χ3v) is 10.7. The summed E-state index contributed by atoms with van der Waals surface area (Å²) in [5.74, 6) is 0. The SMILES string of the molecule is CC[C@H](C)[SH](C)(C)(C)C1CC1. The zero-order valence-electron chi connectivity index (χ0n) is 8.72. The topological polar surface area (TPSA) is 0 Å². The first kappa shape index (κ1) is 9.44. The molecule has 1 saturated carbocycles. The Morgan fingerprint density at radius 3 is 2.00 bits per heavy atom. The van der Waals surface area contributed by atoms with Crippen LogP contribution in [0.4, 0.5) is 0 Å². The molecule has 0 aromatic rings. The average Bonchev–Trinajstić information content (AvgIpc) is 2.65. The van der Waals surface area contributed by atoms with Crippen LogP contribution in [0.5, 0.6) is 0 Å². The van der Waals surface area contributed by atoms with Crippen molar-refractivity contribution in [3.63, 3.8) is 0 Å². The molecule has 0 aromatic carbocycles. The Kier molecular flexibility index (Phi) is 2.07. The molecule has 0 bridgehead atoms. The number of hydrogen-bond donors (Lipinski definition) is 1. The number of rotatable bonds is 3. The van der Waals surface area contributed by atoms with E-state index in [0.717, 1.165) is 10.5 Å². The molecule has 1 rings (SSSR count). The van der Waals surface area contributed by atoms with E-state index in [1.807, 2.05) is 0 Å². The molecule has 0 heterocycles. The third kappa shape index (κ3) is 1.58. The van der Waals surface area contributed by atoms with E-state index in [4.69, 9.17) is 0 Å². The van der Waals surface area contributed by atoms with Gasteiger partial charge in [-0.2, -0.15) is 0 Å². The summed E-state index contributed by atoms with van der Waals surface area (Å²) in [4.78, 5) is 0. The molecule has 1 aliphatic rings. The molecule has 1 aliphatic carbocycles. The van der Waals surface area contributed by atoms with Gasteiger partial charge in [-0.05, 0) is 48.5 Å². The molecule has 1 fully saturated rings. The van der Waals surface area contributed by atoms with Crippen molar-refractivity contribution in [1.29, 1.82) is 0 Å². The van der Waals surface area contributed by atoms with E-state index in [1.165, 1.54) is 19.3 Å². The normalized spacial score (nSPS) is 25.7. The summed E-state index contributed by atoms with van der Waals surface area (Å²) in [6.45, 7) is 4.79. The maximum Gasteiger partial charge on any atom is -0.0242 e. The van der Waals surface area contributed by atoms with Gasteiger partial charge in [0.25, 0.3) is 0 Å². The smallest absolute Gasteiger partial charge is 0.0242 e. The monoisotopic (exact) mass is 176 g/mol. The van der Waals surface area contributed by atoms with Crippen molar-refractivity contribution in [3.05, 3.63) is 0 Å². The maximum absolute atomic E-state index is 2.58. The predicted octanol–water partition coefficient (Wildman–Crippen LogP) is 2.91. The molecular weight excluding hydrogens is 152 g/mol. The summed E-state index contributed by atoms with van der Waals surface area (Å²) in [5.41, 5.74) is 0. The highest BCUT2D eigenvalue weighted by Crippen LogP contribution is 2.74. The second-order valence-corrected chi connectivity index (χ2v) is 13.2. The van der Waals surface area contributed by atoms with Gasteiger partial charge in [0.1, 0.15) is 0 Å². The zero-order chi connectivity index (χ0) is 8.72. The average molecular weight is 176 g/mol. The summed E-state index contributed by atoms with van der Waals surface area (Å²) in [7, 11) is -1.24. The van der Waals surface area contributed by atoms with Crippen molar-refractivity contribution in [2.75, 3.05) is 18.8 Å². The van der Waals surface area contributed by atoms with Crippen molar-refractivity contribution in [2.45, 2.75) is 43.6 Å². The van der Waals surface area contributed by atoms with Crippen molar-refractivity contribution < 1.29 is 0 Å². The highest BCUT2D eigenvalue weighted by Gasteiger charge is 2.45. The minimum atomic E-state index is -1.24. The van der Waals surface area contributed by atoms with Gasteiger partial charge in [-0.15, -0.1) is 0 Å². The van der Waals surface area contributed by atoms with Gasteiger partial charge in [0, 0.05) is 0 Å². The fourth-order valence-corrected chi connectivity index (χ4v) is 6.03. The van der Waals surface area contributed by atoms with E-state index in [0.29, 0.717) is 0 Å². The zero-order valence-corrected chi connectivity index (χ0v) is 9.62. The van der Waals surface area contributed by atoms with Gasteiger partial charge in [0.2, 0.25) is 0 Å². The van der Waals surface area contributed by atoms with Gasteiger partial charge >= 0.3 is 0 Å². The Balaban J connectivity index is 2.74. The van der Waals surface area contributed by atoms with Crippen LogP contribution in [-0.4, -0.2) is 29.3 Å². The molecule has 70 valence electrons. The Morgan fingerprint density at radius 1 is 1.27 bits per heavy atom. The molecule has 0 saturated heterocycles. The van der Waals surface area contributed by atoms with Crippen molar-refractivity contribution in [2.24, 2.45) is 0 Å². The molecular formula is C10H24S. The summed E-state index contributed by atoms with van der Waals surface area (Å²) in [6.07, 6.45) is 12.2. The summed E-state index contributed by atoms with van der Waals surface area (Å²) in [6, 6.07) is 0. The highest BCUT2D eigenvalue weighted by molar-refractivity contribution is 8.49. The van der Waals surface area contributed by atoms with E-state index in [-0.39, 0.29) is 0 Å². The van der Waals surface area contributed by atoms with E-state index in [1.54, 1.807) is 0 Å². The van der Waals surface area contributed by atoms with E-state index in [2.05, 4.69) is 32.6 Å². The molecule has 0 spiro atoms. The van der Waals surface area contributed by atoms with Crippen LogP contribution < -0.4 is 0 Å². The fourth-order valence-electron chi connectivity index (χ4n) is 2.01. The molecule has 11 heavy (non-hydrogen) atoms. The fraction of sp³-hybridized carbons (Fsp3) is 1.00. The van der Waals surface area contributed by atoms with Crippen LogP contribution in [0.15, 0.2) is 0 Å². The molecule has 1 heteroatoms. The molecule has 0 amide bonds. The quantitative estimate of drug-likeness (QED) is 0.628. The van der Waals surface area contributed by atoms with Gasteiger partial charge < -0.3 is 0 Å². The van der Waals surface area contributed by atoms with Crippen LogP contribution >= 0.6 is 9.16 Å². The third-order valence-electron chi connectivity index (χ3n) is 4.02. The Morgan fingerprint density at radius 2 is 1.73 bits per heavy atom. The van der Waals surface area contributed by atoms with Gasteiger partial charge in [0.15, 0.2) is 0 Å². The Bertz CT molecular complexity index is 148. The first-order valence-corrected chi connectivity index (χ1v) is 8.58. The van der Waals surface area contributed by atoms with Crippen molar-refractivity contribution >= 4 is 9.16 Å². The first-order chi connectivity index (χ1) is 4.87. The lowest BCUT2D eigenvalue weighted by atomic mass is 10.4. The largest absolute Gasteiger partial charge is 0.285 e. The lowest BCUT2D eigenvalue weighted by Crippen LogP contribution is -2.29. The summed E-state index contributed by atoms with van der Waals surface area (Å²) >= 11 is 0. The van der Waals surface area contributed by atoms with E-state index < -0.39 is 9.16 Å². The van der Waals surface area contributed by atoms with Gasteiger partial charge in [-0.25, -0.2) is 0 Å². The molecule has 1 atom stereocenters. The van der Waals surface area contributed by atoms with Crippen molar-refractivity contribution in [3.8, 4) is 0 Å². The molecule has 0 aromatic heterocycles. The Labute approximate surface area is 72.0 Å². The van der Waals surface area contributed by atoms with Gasteiger partial charge in [-0.3, -0.25) is 9.16 Å². The molecule has 0 aliphatic heterocycles. The Hall–Kier alpha value is 0.350. The van der Waals surface area contributed by atoms with E-state index >= 15 is 0 Å². The molecule has 0 nitrogen and oxygen atoms in total. The van der Waals surface area contributed by atoms with Crippen LogP contribution in [0.25, 0.3) is 0 Å². The molecule has 0 N–H and O–H groups in total. The molecule has 0 radical (unpaired) electrons. The van der Waals surface area contributed by atoms with Crippen LogP contribution in [0.3, 0.4) is 0 Å². The minimum absolute atomic E-state index is 0.980. The predicted molar refractivity (Wildman–Crippen MR) is 59.5 cm³/mol.